The number of piperazine rings is 1. The molecule has 1 saturated heterocycles. The molecule has 184 valence electrons. The van der Waals surface area contributed by atoms with Crippen LogP contribution in [0.3, 0.4) is 0 Å². The fraction of sp³-hybridized carbons (Fsp3) is 0.345. The lowest BCUT2D eigenvalue weighted by Gasteiger charge is -2.39. The molecule has 1 aliphatic rings. The number of aryl methyl sites for hydroxylation is 2. The van der Waals surface area contributed by atoms with Crippen LogP contribution >= 0.6 is 0 Å². The molecule has 6 nitrogen and oxygen atoms in total. The first-order valence-corrected chi connectivity index (χ1v) is 12.1. The number of carbonyl (C=O) groups excluding carboxylic acids is 1. The van der Waals surface area contributed by atoms with Gasteiger partial charge < -0.3 is 14.8 Å². The van der Waals surface area contributed by atoms with Crippen molar-refractivity contribution in [2.45, 2.75) is 26.4 Å². The van der Waals surface area contributed by atoms with Gasteiger partial charge in [0.1, 0.15) is 6.04 Å². The van der Waals surface area contributed by atoms with Gasteiger partial charge in [0.2, 0.25) is 5.91 Å². The van der Waals surface area contributed by atoms with Crippen LogP contribution in [0.1, 0.15) is 28.3 Å². The van der Waals surface area contributed by atoms with Gasteiger partial charge in [-0.1, -0.05) is 48.5 Å². The first-order valence-electron chi connectivity index (χ1n) is 12.1. The third-order valence-electron chi connectivity index (χ3n) is 6.64. The van der Waals surface area contributed by atoms with E-state index >= 15 is 0 Å². The van der Waals surface area contributed by atoms with E-state index in [1.807, 2.05) is 62.4 Å². The SMILES string of the molecule is COc1ccc(CN2CCN([C@H](C(=O)Nc3cc(C)ccc3C)c3ccccc3)CC2)cc1OC. The second-order valence-electron chi connectivity index (χ2n) is 9.12. The Bertz CT molecular complexity index is 1140. The molecule has 3 aromatic rings. The van der Waals surface area contributed by atoms with Crippen molar-refractivity contribution in [3.05, 3.63) is 89.0 Å². The van der Waals surface area contributed by atoms with Crippen LogP contribution in [0, 0.1) is 13.8 Å². The Hall–Kier alpha value is -3.35. The summed E-state index contributed by atoms with van der Waals surface area (Å²) in [5.74, 6) is 1.50. The summed E-state index contributed by atoms with van der Waals surface area (Å²) >= 11 is 0. The highest BCUT2D eigenvalue weighted by molar-refractivity contribution is 5.96. The number of benzene rings is 3. The Morgan fingerprint density at radius 1 is 0.886 bits per heavy atom. The quantitative estimate of drug-likeness (QED) is 0.509. The average Bonchev–Trinajstić information content (AvgIpc) is 2.88. The van der Waals surface area contributed by atoms with Crippen molar-refractivity contribution in [3.8, 4) is 11.5 Å². The molecule has 0 unspecified atom stereocenters. The summed E-state index contributed by atoms with van der Waals surface area (Å²) in [7, 11) is 3.31. The smallest absolute Gasteiger partial charge is 0.246 e. The molecule has 3 aromatic carbocycles. The lowest BCUT2D eigenvalue weighted by atomic mass is 10.0. The predicted octanol–water partition coefficient (Wildman–Crippen LogP) is 4.82. The summed E-state index contributed by atoms with van der Waals surface area (Å²) in [6.07, 6.45) is 0. The monoisotopic (exact) mass is 473 g/mol. The third-order valence-corrected chi connectivity index (χ3v) is 6.64. The molecule has 0 aromatic heterocycles. The van der Waals surface area contributed by atoms with Gasteiger partial charge in [-0.05, 0) is 54.3 Å². The molecule has 1 atom stereocenters. The number of hydrogen-bond donors (Lipinski definition) is 1. The van der Waals surface area contributed by atoms with Gasteiger partial charge in [-0.2, -0.15) is 0 Å². The zero-order chi connectivity index (χ0) is 24.8. The number of nitrogens with zero attached hydrogens (tertiary/aromatic N) is 2. The van der Waals surface area contributed by atoms with Gasteiger partial charge in [-0.25, -0.2) is 0 Å². The van der Waals surface area contributed by atoms with Crippen LogP contribution in [0.5, 0.6) is 11.5 Å². The summed E-state index contributed by atoms with van der Waals surface area (Å²) < 4.78 is 10.8. The topological polar surface area (TPSA) is 54.0 Å². The van der Waals surface area contributed by atoms with Crippen LogP contribution in [0.15, 0.2) is 66.7 Å². The number of rotatable bonds is 8. The Morgan fingerprint density at radius 3 is 2.29 bits per heavy atom. The summed E-state index contributed by atoms with van der Waals surface area (Å²) in [4.78, 5) is 18.3. The Kier molecular flexibility index (Phi) is 8.06. The summed E-state index contributed by atoms with van der Waals surface area (Å²) in [5, 5.41) is 3.20. The molecule has 1 fully saturated rings. The molecule has 0 bridgehead atoms. The second-order valence-corrected chi connectivity index (χ2v) is 9.12. The van der Waals surface area contributed by atoms with E-state index in [4.69, 9.17) is 9.47 Å². The normalized spacial score (nSPS) is 15.4. The van der Waals surface area contributed by atoms with Crippen LogP contribution in [-0.2, 0) is 11.3 Å². The second kappa shape index (κ2) is 11.4. The molecular formula is C29H35N3O3. The number of nitrogens with one attached hydrogen (secondary N) is 1. The first-order chi connectivity index (χ1) is 17.0. The van der Waals surface area contributed by atoms with Crippen molar-refractivity contribution in [2.24, 2.45) is 0 Å². The summed E-state index contributed by atoms with van der Waals surface area (Å²) in [6.45, 7) is 8.29. The Morgan fingerprint density at radius 2 is 1.60 bits per heavy atom. The molecule has 6 heteroatoms. The number of anilines is 1. The summed E-state index contributed by atoms with van der Waals surface area (Å²) in [5.41, 5.74) is 5.27. The maximum atomic E-state index is 13.6. The van der Waals surface area contributed by atoms with Crippen LogP contribution in [0.25, 0.3) is 0 Å². The molecule has 0 spiro atoms. The number of ether oxygens (including phenoxy) is 2. The maximum absolute atomic E-state index is 13.6. The van der Waals surface area contributed by atoms with Gasteiger partial charge in [-0.3, -0.25) is 14.6 Å². The standard InChI is InChI=1S/C29H35N3O3/c1-21-10-11-22(2)25(18-21)30-29(33)28(24-8-6-5-7-9-24)32-16-14-31(15-17-32)20-23-12-13-26(34-3)27(19-23)35-4/h5-13,18-19,28H,14-17,20H2,1-4H3,(H,30,33)/t28-/m0/s1. The first kappa shape index (κ1) is 24.8. The largest absolute Gasteiger partial charge is 0.493 e. The van der Waals surface area contributed by atoms with Crippen LogP contribution in [-0.4, -0.2) is 56.1 Å². The average molecular weight is 474 g/mol. The van der Waals surface area contributed by atoms with E-state index in [1.165, 1.54) is 5.56 Å². The minimum absolute atomic E-state index is 0.0123. The van der Waals surface area contributed by atoms with Crippen molar-refractivity contribution in [1.82, 2.24) is 9.80 Å². The van der Waals surface area contributed by atoms with Gasteiger partial charge in [0, 0.05) is 38.4 Å². The lowest BCUT2D eigenvalue weighted by Crippen LogP contribution is -2.49. The fourth-order valence-electron chi connectivity index (χ4n) is 4.65. The van der Waals surface area contributed by atoms with E-state index in [0.29, 0.717) is 0 Å². The van der Waals surface area contributed by atoms with E-state index in [-0.39, 0.29) is 11.9 Å². The maximum Gasteiger partial charge on any atom is 0.246 e. The van der Waals surface area contributed by atoms with Crippen molar-refractivity contribution in [1.29, 1.82) is 0 Å². The number of carbonyl (C=O) groups is 1. The van der Waals surface area contributed by atoms with Gasteiger partial charge in [0.25, 0.3) is 0 Å². The van der Waals surface area contributed by atoms with Crippen LogP contribution < -0.4 is 14.8 Å². The minimum atomic E-state index is -0.334. The fourth-order valence-corrected chi connectivity index (χ4v) is 4.65. The predicted molar refractivity (Wildman–Crippen MR) is 140 cm³/mol. The molecule has 1 N–H and O–H groups in total. The van der Waals surface area contributed by atoms with Crippen molar-refractivity contribution in [3.63, 3.8) is 0 Å². The van der Waals surface area contributed by atoms with E-state index in [9.17, 15) is 4.79 Å². The Balaban J connectivity index is 1.46. The molecule has 4 rings (SSSR count). The van der Waals surface area contributed by atoms with Crippen LogP contribution in [0.4, 0.5) is 5.69 Å². The zero-order valence-electron chi connectivity index (χ0n) is 21.1. The molecular weight excluding hydrogens is 438 g/mol. The van der Waals surface area contributed by atoms with E-state index in [0.717, 1.165) is 66.6 Å². The highest BCUT2D eigenvalue weighted by Gasteiger charge is 2.30. The highest BCUT2D eigenvalue weighted by Crippen LogP contribution is 2.29. The van der Waals surface area contributed by atoms with Gasteiger partial charge in [-0.15, -0.1) is 0 Å². The van der Waals surface area contributed by atoms with Gasteiger partial charge in [0.15, 0.2) is 11.5 Å². The van der Waals surface area contributed by atoms with Crippen molar-refractivity contribution < 1.29 is 14.3 Å². The third kappa shape index (κ3) is 6.02. The lowest BCUT2D eigenvalue weighted by molar-refractivity contribution is -0.122. The molecule has 1 heterocycles. The number of methoxy groups -OCH3 is 2. The minimum Gasteiger partial charge on any atom is -0.493 e. The van der Waals surface area contributed by atoms with E-state index in [1.54, 1.807) is 14.2 Å². The van der Waals surface area contributed by atoms with Gasteiger partial charge in [0.05, 0.1) is 14.2 Å². The van der Waals surface area contributed by atoms with E-state index in [2.05, 4.69) is 33.3 Å². The zero-order valence-corrected chi connectivity index (χ0v) is 21.1. The highest BCUT2D eigenvalue weighted by atomic mass is 16.5. The molecule has 0 radical (unpaired) electrons. The summed E-state index contributed by atoms with van der Waals surface area (Å²) in [6, 6.07) is 22.0. The van der Waals surface area contributed by atoms with Crippen LogP contribution in [0.2, 0.25) is 0 Å². The molecule has 0 aliphatic carbocycles. The van der Waals surface area contributed by atoms with Gasteiger partial charge >= 0.3 is 0 Å². The number of amides is 1. The van der Waals surface area contributed by atoms with Crippen molar-refractivity contribution in [2.75, 3.05) is 45.7 Å². The molecule has 0 saturated carbocycles. The number of hydrogen-bond acceptors (Lipinski definition) is 5. The van der Waals surface area contributed by atoms with Crippen molar-refractivity contribution >= 4 is 11.6 Å². The molecule has 35 heavy (non-hydrogen) atoms. The molecule has 1 amide bonds. The molecule has 1 aliphatic heterocycles. The van der Waals surface area contributed by atoms with E-state index < -0.39 is 0 Å². The Labute approximate surface area is 208 Å².